The van der Waals surface area contributed by atoms with Crippen LogP contribution in [0, 0.1) is 0 Å². The highest BCUT2D eigenvalue weighted by Crippen LogP contribution is 2.21. The predicted octanol–water partition coefficient (Wildman–Crippen LogP) is 0.208. The third-order valence-corrected chi connectivity index (χ3v) is 3.93. The van der Waals surface area contributed by atoms with Crippen LogP contribution in [0.4, 0.5) is 0 Å². The third-order valence-electron chi connectivity index (χ3n) is 3.93. The third kappa shape index (κ3) is 2.51. The molecule has 2 fully saturated rings. The molecule has 2 rings (SSSR count). The second-order valence-corrected chi connectivity index (χ2v) is 5.80. The number of likely N-dealkylation sites (tertiary alicyclic amines) is 1. The van der Waals surface area contributed by atoms with E-state index in [2.05, 4.69) is 17.1 Å². The Morgan fingerprint density at radius 2 is 2.11 bits per heavy atom. The lowest BCUT2D eigenvalue weighted by Crippen LogP contribution is -2.67. The molecule has 2 amide bonds. The number of likely N-dealkylation sites (N-methyl/N-ethyl adjacent to an activating group) is 1. The van der Waals surface area contributed by atoms with Crippen molar-refractivity contribution in [1.82, 2.24) is 15.1 Å². The summed E-state index contributed by atoms with van der Waals surface area (Å²) >= 11 is 0. The maximum Gasteiger partial charge on any atom is 0.248 e. The number of nitrogens with one attached hydrogen (secondary N) is 1. The summed E-state index contributed by atoms with van der Waals surface area (Å²) in [5.74, 6) is -0.00160. The minimum absolute atomic E-state index is 0.0463. The Morgan fingerprint density at radius 1 is 1.39 bits per heavy atom. The number of piperidine rings is 1. The van der Waals surface area contributed by atoms with Crippen molar-refractivity contribution in [2.24, 2.45) is 0 Å². The molecule has 2 aliphatic heterocycles. The van der Waals surface area contributed by atoms with Crippen LogP contribution in [-0.4, -0.2) is 59.4 Å². The summed E-state index contributed by atoms with van der Waals surface area (Å²) in [5, 5.41) is 2.76. The lowest BCUT2D eigenvalue weighted by molar-refractivity contribution is -0.151. The smallest absolute Gasteiger partial charge is 0.248 e. The number of carbonyl (C=O) groups excluding carboxylic acids is 2. The molecule has 2 saturated heterocycles. The summed E-state index contributed by atoms with van der Waals surface area (Å²) in [6.45, 7) is 8.91. The normalized spacial score (nSPS) is 29.3. The van der Waals surface area contributed by atoms with Crippen LogP contribution in [0.15, 0.2) is 0 Å². The molecule has 0 aromatic carbocycles. The molecule has 1 unspecified atom stereocenters. The van der Waals surface area contributed by atoms with Gasteiger partial charge in [0, 0.05) is 12.6 Å². The second-order valence-electron chi connectivity index (χ2n) is 5.80. The van der Waals surface area contributed by atoms with Crippen LogP contribution < -0.4 is 5.32 Å². The van der Waals surface area contributed by atoms with Gasteiger partial charge in [0.05, 0.1) is 6.54 Å². The maximum absolute atomic E-state index is 12.4. The van der Waals surface area contributed by atoms with E-state index in [1.54, 1.807) is 18.7 Å². The average molecular weight is 253 g/mol. The van der Waals surface area contributed by atoms with Gasteiger partial charge >= 0.3 is 0 Å². The number of carbonyl (C=O) groups is 2. The standard InChI is InChI=1S/C13H23N3O2/c1-4-15-7-5-6-10(8-15)16-9-11(17)14-13(2,3)12(16)18/h10H,4-9H2,1-3H3,(H,14,17). The van der Waals surface area contributed by atoms with E-state index in [1.165, 1.54) is 0 Å². The minimum atomic E-state index is -0.760. The second kappa shape index (κ2) is 4.88. The highest BCUT2D eigenvalue weighted by molar-refractivity contribution is 5.97. The van der Waals surface area contributed by atoms with Gasteiger partial charge in [0.15, 0.2) is 0 Å². The lowest BCUT2D eigenvalue weighted by atomic mass is 9.96. The quantitative estimate of drug-likeness (QED) is 0.765. The summed E-state index contributed by atoms with van der Waals surface area (Å²) in [5.41, 5.74) is -0.760. The van der Waals surface area contributed by atoms with Crippen LogP contribution in [0.5, 0.6) is 0 Å². The Balaban J connectivity index is 2.11. The molecule has 5 nitrogen and oxygen atoms in total. The van der Waals surface area contributed by atoms with Gasteiger partial charge in [-0.05, 0) is 39.8 Å². The molecule has 1 N–H and O–H groups in total. The predicted molar refractivity (Wildman–Crippen MR) is 69.1 cm³/mol. The summed E-state index contributed by atoms with van der Waals surface area (Å²) < 4.78 is 0. The van der Waals surface area contributed by atoms with Crippen LogP contribution >= 0.6 is 0 Å². The first-order chi connectivity index (χ1) is 8.44. The van der Waals surface area contributed by atoms with E-state index < -0.39 is 5.54 Å². The van der Waals surface area contributed by atoms with Gasteiger partial charge in [0.1, 0.15) is 5.54 Å². The summed E-state index contributed by atoms with van der Waals surface area (Å²) in [6, 6.07) is 0.191. The number of nitrogens with zero attached hydrogens (tertiary/aromatic N) is 2. The van der Waals surface area contributed by atoms with E-state index in [0.717, 1.165) is 32.5 Å². The minimum Gasteiger partial charge on any atom is -0.341 e. The number of piperazine rings is 1. The Hall–Kier alpha value is -1.10. The molecule has 5 heteroatoms. The van der Waals surface area contributed by atoms with Crippen molar-refractivity contribution in [3.8, 4) is 0 Å². The van der Waals surface area contributed by atoms with Crippen LogP contribution in [0.25, 0.3) is 0 Å². The van der Waals surface area contributed by atoms with Crippen LogP contribution in [0.3, 0.4) is 0 Å². The molecule has 2 heterocycles. The first kappa shape index (κ1) is 13.3. The Labute approximate surface area is 108 Å². The van der Waals surface area contributed by atoms with Gasteiger partial charge in [0.25, 0.3) is 0 Å². The van der Waals surface area contributed by atoms with E-state index in [0.29, 0.717) is 0 Å². The fourth-order valence-corrected chi connectivity index (χ4v) is 2.89. The topological polar surface area (TPSA) is 52.6 Å². The molecule has 0 saturated carbocycles. The van der Waals surface area contributed by atoms with E-state index >= 15 is 0 Å². The molecule has 1 atom stereocenters. The maximum atomic E-state index is 12.4. The van der Waals surface area contributed by atoms with Gasteiger partial charge in [-0.15, -0.1) is 0 Å². The first-order valence-electron chi connectivity index (χ1n) is 6.78. The number of hydrogen-bond donors (Lipinski definition) is 1. The first-order valence-corrected chi connectivity index (χ1v) is 6.78. The van der Waals surface area contributed by atoms with E-state index in [1.807, 2.05) is 0 Å². The van der Waals surface area contributed by atoms with Crippen LogP contribution in [0.2, 0.25) is 0 Å². The summed E-state index contributed by atoms with van der Waals surface area (Å²) in [4.78, 5) is 28.2. The zero-order valence-corrected chi connectivity index (χ0v) is 11.5. The molecule has 0 spiro atoms. The molecule has 2 aliphatic rings. The highest BCUT2D eigenvalue weighted by atomic mass is 16.2. The number of hydrogen-bond acceptors (Lipinski definition) is 3. The van der Waals surface area contributed by atoms with Crippen molar-refractivity contribution in [3.63, 3.8) is 0 Å². The summed E-state index contributed by atoms with van der Waals surface area (Å²) in [7, 11) is 0. The fraction of sp³-hybridized carbons (Fsp3) is 0.846. The van der Waals surface area contributed by atoms with Gasteiger partial charge in [-0.1, -0.05) is 6.92 Å². The number of rotatable bonds is 2. The molecular weight excluding hydrogens is 230 g/mol. The van der Waals surface area contributed by atoms with E-state index in [9.17, 15) is 9.59 Å². The monoisotopic (exact) mass is 253 g/mol. The van der Waals surface area contributed by atoms with E-state index in [-0.39, 0.29) is 24.4 Å². The van der Waals surface area contributed by atoms with Crippen LogP contribution in [-0.2, 0) is 9.59 Å². The Kier molecular flexibility index (Phi) is 3.61. The van der Waals surface area contributed by atoms with Gasteiger partial charge in [-0.3, -0.25) is 9.59 Å². The van der Waals surface area contributed by atoms with Crippen molar-refractivity contribution in [1.29, 1.82) is 0 Å². The molecule has 18 heavy (non-hydrogen) atoms. The largest absolute Gasteiger partial charge is 0.341 e. The molecular formula is C13H23N3O2. The lowest BCUT2D eigenvalue weighted by Gasteiger charge is -2.44. The van der Waals surface area contributed by atoms with Crippen molar-refractivity contribution in [3.05, 3.63) is 0 Å². The van der Waals surface area contributed by atoms with Crippen molar-refractivity contribution in [2.75, 3.05) is 26.2 Å². The molecule has 0 aromatic rings. The Bertz CT molecular complexity index is 354. The van der Waals surface area contributed by atoms with Gasteiger partial charge < -0.3 is 15.1 Å². The van der Waals surface area contributed by atoms with E-state index in [4.69, 9.17) is 0 Å². The van der Waals surface area contributed by atoms with Crippen molar-refractivity contribution < 1.29 is 9.59 Å². The molecule has 102 valence electrons. The van der Waals surface area contributed by atoms with Crippen molar-refractivity contribution in [2.45, 2.75) is 45.2 Å². The molecule has 0 radical (unpaired) electrons. The van der Waals surface area contributed by atoms with Crippen molar-refractivity contribution >= 4 is 11.8 Å². The average Bonchev–Trinajstić information content (AvgIpc) is 2.33. The van der Waals surface area contributed by atoms with Gasteiger partial charge in [-0.2, -0.15) is 0 Å². The molecule has 0 bridgehead atoms. The number of amides is 2. The SMILES string of the molecule is CCN1CCCC(N2CC(=O)NC(C)(C)C2=O)C1. The van der Waals surface area contributed by atoms with Gasteiger partial charge in [-0.25, -0.2) is 0 Å². The highest BCUT2D eigenvalue weighted by Gasteiger charge is 2.42. The zero-order valence-electron chi connectivity index (χ0n) is 11.5. The molecule has 0 aromatic heterocycles. The van der Waals surface area contributed by atoms with Gasteiger partial charge in [0.2, 0.25) is 11.8 Å². The summed E-state index contributed by atoms with van der Waals surface area (Å²) in [6.07, 6.45) is 2.11. The van der Waals surface area contributed by atoms with Crippen LogP contribution in [0.1, 0.15) is 33.6 Å². The zero-order chi connectivity index (χ0) is 13.3. The fourth-order valence-electron chi connectivity index (χ4n) is 2.89. The Morgan fingerprint density at radius 3 is 2.78 bits per heavy atom. The molecule has 0 aliphatic carbocycles.